The van der Waals surface area contributed by atoms with Crippen LogP contribution in [0.3, 0.4) is 0 Å². The third kappa shape index (κ3) is 4.10. The average Bonchev–Trinajstić information content (AvgIpc) is 3.36. The van der Waals surface area contributed by atoms with Crippen LogP contribution in [0.25, 0.3) is 5.57 Å². The van der Waals surface area contributed by atoms with Crippen LogP contribution in [0.2, 0.25) is 0 Å². The van der Waals surface area contributed by atoms with Crippen LogP contribution in [0.1, 0.15) is 43.5 Å². The van der Waals surface area contributed by atoms with Gasteiger partial charge in [-0.2, -0.15) is 0 Å². The lowest BCUT2D eigenvalue weighted by molar-refractivity contribution is -0.143. The molecule has 0 saturated carbocycles. The molecule has 38 heavy (non-hydrogen) atoms. The molecular weight excluding hydrogens is 506 g/mol. The molecule has 1 N–H and O–H groups in total. The number of nitrogens with one attached hydrogen (secondary N) is 1. The van der Waals surface area contributed by atoms with Gasteiger partial charge >= 0.3 is 5.97 Å². The first-order valence-electron chi connectivity index (χ1n) is 12.0. The Morgan fingerprint density at radius 1 is 1.08 bits per heavy atom. The third-order valence-corrected chi connectivity index (χ3v) is 7.49. The van der Waals surface area contributed by atoms with Crippen molar-refractivity contribution >= 4 is 34.5 Å². The lowest BCUT2D eigenvalue weighted by atomic mass is 9.94. The SMILES string of the molecule is COc1ccc(OC)c([C@H]2C(C(=O)OC(C)C)=C(C)N=c3s/c(=C4/C(=O)Nc5ccc(C)cc54)c(=O)n32)c1. The fraction of sp³-hybridized carbons (Fsp3) is 0.286. The maximum Gasteiger partial charge on any atom is 0.338 e. The molecule has 0 unspecified atom stereocenters. The second-order valence-corrected chi connectivity index (χ2v) is 10.3. The molecule has 0 spiro atoms. The van der Waals surface area contributed by atoms with Gasteiger partial charge in [-0.25, -0.2) is 9.79 Å². The Labute approximate surface area is 222 Å². The number of fused-ring (bicyclic) bond motifs is 2. The number of allylic oxidation sites excluding steroid dienone is 1. The van der Waals surface area contributed by atoms with E-state index in [2.05, 4.69) is 10.3 Å². The number of carbonyl (C=O) groups excluding carboxylic acids is 2. The Morgan fingerprint density at radius 3 is 2.53 bits per heavy atom. The second-order valence-electron chi connectivity index (χ2n) is 9.34. The fourth-order valence-corrected chi connectivity index (χ4v) is 5.91. The highest BCUT2D eigenvalue weighted by Gasteiger charge is 2.37. The number of nitrogens with zero attached hydrogens (tertiary/aromatic N) is 2. The number of amides is 1. The minimum atomic E-state index is -0.918. The van der Waals surface area contributed by atoms with Gasteiger partial charge in [-0.1, -0.05) is 23.0 Å². The van der Waals surface area contributed by atoms with Crippen molar-refractivity contribution in [2.75, 3.05) is 19.5 Å². The molecule has 3 aromatic rings. The summed E-state index contributed by atoms with van der Waals surface area (Å²) in [5, 5.41) is 2.85. The van der Waals surface area contributed by atoms with Crippen LogP contribution in [-0.4, -0.2) is 36.8 Å². The Morgan fingerprint density at radius 2 is 1.84 bits per heavy atom. The molecule has 0 radical (unpaired) electrons. The Balaban J connectivity index is 1.85. The highest BCUT2D eigenvalue weighted by atomic mass is 32.1. The van der Waals surface area contributed by atoms with Crippen molar-refractivity contribution < 1.29 is 23.8 Å². The van der Waals surface area contributed by atoms with Crippen LogP contribution >= 0.6 is 11.3 Å². The molecule has 0 saturated heterocycles. The molecule has 3 heterocycles. The zero-order chi connectivity index (χ0) is 27.3. The summed E-state index contributed by atoms with van der Waals surface area (Å²) >= 11 is 1.11. The topological polar surface area (TPSA) is 108 Å². The quantitative estimate of drug-likeness (QED) is 0.506. The van der Waals surface area contributed by atoms with E-state index in [0.29, 0.717) is 38.8 Å². The molecule has 196 valence electrons. The van der Waals surface area contributed by atoms with Gasteiger partial charge in [-0.3, -0.25) is 14.2 Å². The zero-order valence-corrected chi connectivity index (χ0v) is 22.7. The number of benzene rings is 2. The monoisotopic (exact) mass is 533 g/mol. The molecule has 2 aliphatic heterocycles. The van der Waals surface area contributed by atoms with E-state index in [1.54, 1.807) is 39.0 Å². The highest BCUT2D eigenvalue weighted by molar-refractivity contribution is 7.07. The molecule has 0 aliphatic carbocycles. The van der Waals surface area contributed by atoms with Gasteiger partial charge in [0, 0.05) is 16.8 Å². The van der Waals surface area contributed by atoms with E-state index < -0.39 is 17.6 Å². The van der Waals surface area contributed by atoms with Crippen molar-refractivity contribution in [1.29, 1.82) is 0 Å². The third-order valence-electron chi connectivity index (χ3n) is 6.44. The number of hydrogen-bond acceptors (Lipinski definition) is 8. The van der Waals surface area contributed by atoms with Crippen LogP contribution in [0.15, 0.2) is 57.5 Å². The number of rotatable bonds is 5. The van der Waals surface area contributed by atoms with Gasteiger partial charge in [0.15, 0.2) is 4.80 Å². The first kappa shape index (κ1) is 25.5. The van der Waals surface area contributed by atoms with Crippen molar-refractivity contribution in [3.63, 3.8) is 0 Å². The normalized spacial score (nSPS) is 17.6. The molecule has 0 fully saturated rings. The van der Waals surface area contributed by atoms with E-state index in [-0.39, 0.29) is 27.7 Å². The van der Waals surface area contributed by atoms with Crippen molar-refractivity contribution in [2.45, 2.75) is 39.8 Å². The number of methoxy groups -OCH3 is 2. The summed E-state index contributed by atoms with van der Waals surface area (Å²) in [4.78, 5) is 45.6. The van der Waals surface area contributed by atoms with Crippen LogP contribution in [0, 0.1) is 6.92 Å². The first-order chi connectivity index (χ1) is 18.1. The first-order valence-corrected chi connectivity index (χ1v) is 12.9. The van der Waals surface area contributed by atoms with Gasteiger partial charge in [0.2, 0.25) is 0 Å². The fourth-order valence-electron chi connectivity index (χ4n) is 4.76. The van der Waals surface area contributed by atoms with Gasteiger partial charge < -0.3 is 19.5 Å². The van der Waals surface area contributed by atoms with Crippen LogP contribution < -0.4 is 29.7 Å². The summed E-state index contributed by atoms with van der Waals surface area (Å²) in [6.07, 6.45) is -0.385. The lowest BCUT2D eigenvalue weighted by Gasteiger charge is -2.26. The molecule has 10 heteroatoms. The minimum Gasteiger partial charge on any atom is -0.497 e. The maximum atomic E-state index is 14.1. The van der Waals surface area contributed by atoms with E-state index in [1.165, 1.54) is 18.8 Å². The van der Waals surface area contributed by atoms with Crippen LogP contribution in [0.5, 0.6) is 11.5 Å². The molecule has 2 aromatic carbocycles. The molecule has 1 aromatic heterocycles. The summed E-state index contributed by atoms with van der Waals surface area (Å²) in [6.45, 7) is 7.14. The summed E-state index contributed by atoms with van der Waals surface area (Å²) in [7, 11) is 3.05. The molecule has 5 rings (SSSR count). The molecule has 1 amide bonds. The number of hydrogen-bond donors (Lipinski definition) is 1. The Bertz CT molecular complexity index is 1710. The number of thiazole rings is 1. The summed E-state index contributed by atoms with van der Waals surface area (Å²) in [5.74, 6) is 0.0323. The smallest absolute Gasteiger partial charge is 0.338 e. The highest BCUT2D eigenvalue weighted by Crippen LogP contribution is 2.38. The van der Waals surface area contributed by atoms with Crippen molar-refractivity contribution in [1.82, 2.24) is 4.57 Å². The Kier molecular flexibility index (Phi) is 6.44. The molecule has 9 nitrogen and oxygen atoms in total. The van der Waals surface area contributed by atoms with Gasteiger partial charge in [0.05, 0.1) is 37.2 Å². The average molecular weight is 534 g/mol. The van der Waals surface area contributed by atoms with Crippen molar-refractivity contribution in [2.24, 2.45) is 4.99 Å². The predicted molar refractivity (Wildman–Crippen MR) is 143 cm³/mol. The molecular formula is C28H27N3O6S. The van der Waals surface area contributed by atoms with E-state index in [0.717, 1.165) is 16.9 Å². The molecule has 0 bridgehead atoms. The Hall–Kier alpha value is -4.18. The van der Waals surface area contributed by atoms with E-state index in [1.807, 2.05) is 25.1 Å². The van der Waals surface area contributed by atoms with Gasteiger partial charge in [-0.15, -0.1) is 0 Å². The minimum absolute atomic E-state index is 0.210. The van der Waals surface area contributed by atoms with E-state index >= 15 is 0 Å². The molecule has 2 aliphatic rings. The number of carbonyl (C=O) groups is 2. The second kappa shape index (κ2) is 9.60. The van der Waals surface area contributed by atoms with E-state index in [4.69, 9.17) is 14.2 Å². The van der Waals surface area contributed by atoms with Crippen molar-refractivity contribution in [3.05, 3.63) is 84.0 Å². The number of anilines is 1. The standard InChI is InChI=1S/C28H27N3O6S/c1-13(2)37-27(34)21-15(4)29-28-31(23(21)18-12-16(35-5)8-10-20(18)36-6)26(33)24(38-28)22-17-11-14(3)7-9-19(17)30-25(22)32/h7-13,23H,1-6H3,(H,30,32)/b24-22+/t23-/m0/s1. The predicted octanol–water partition coefficient (Wildman–Crippen LogP) is 2.83. The summed E-state index contributed by atoms with van der Waals surface area (Å²) < 4.78 is 18.3. The number of esters is 1. The maximum absolute atomic E-state index is 14.1. The molecule has 1 atom stereocenters. The number of aryl methyl sites for hydroxylation is 1. The summed E-state index contributed by atoms with van der Waals surface area (Å²) in [6, 6.07) is 9.86. The largest absolute Gasteiger partial charge is 0.497 e. The summed E-state index contributed by atoms with van der Waals surface area (Å²) in [5.41, 5.74) is 3.26. The zero-order valence-electron chi connectivity index (χ0n) is 21.9. The number of ether oxygens (including phenoxy) is 3. The van der Waals surface area contributed by atoms with Crippen LogP contribution in [-0.2, 0) is 14.3 Å². The number of aromatic nitrogens is 1. The van der Waals surface area contributed by atoms with Gasteiger partial charge in [0.25, 0.3) is 11.5 Å². The van der Waals surface area contributed by atoms with Crippen LogP contribution in [0.4, 0.5) is 5.69 Å². The lowest BCUT2D eigenvalue weighted by Crippen LogP contribution is -2.41. The van der Waals surface area contributed by atoms with Gasteiger partial charge in [-0.05, 0) is 58.0 Å². The van der Waals surface area contributed by atoms with Gasteiger partial charge in [0.1, 0.15) is 22.1 Å². The van der Waals surface area contributed by atoms with Crippen molar-refractivity contribution in [3.8, 4) is 11.5 Å². The van der Waals surface area contributed by atoms with E-state index in [9.17, 15) is 14.4 Å².